The molecule has 5 heteroatoms. The summed E-state index contributed by atoms with van der Waals surface area (Å²) in [6.07, 6.45) is 2.12. The first-order valence-corrected chi connectivity index (χ1v) is 10.6. The van der Waals surface area contributed by atoms with Gasteiger partial charge in [-0.1, -0.05) is 30.3 Å². The van der Waals surface area contributed by atoms with E-state index in [1.54, 1.807) is 0 Å². The van der Waals surface area contributed by atoms with Crippen molar-refractivity contribution in [2.24, 2.45) is 5.92 Å². The average molecular weight is 395 g/mol. The van der Waals surface area contributed by atoms with Gasteiger partial charge in [0.15, 0.2) is 0 Å². The van der Waals surface area contributed by atoms with E-state index >= 15 is 0 Å². The highest BCUT2D eigenvalue weighted by atomic mass is 16.5. The van der Waals surface area contributed by atoms with Crippen molar-refractivity contribution in [2.75, 3.05) is 37.7 Å². The molecule has 0 radical (unpaired) electrons. The Balaban J connectivity index is 1.23. The largest absolute Gasteiger partial charge is 0.491 e. The third-order valence-electron chi connectivity index (χ3n) is 5.99. The van der Waals surface area contributed by atoms with Crippen LogP contribution in [-0.2, 0) is 11.2 Å². The predicted molar refractivity (Wildman–Crippen MR) is 114 cm³/mol. The van der Waals surface area contributed by atoms with Gasteiger partial charge in [0.05, 0.1) is 0 Å². The van der Waals surface area contributed by atoms with Gasteiger partial charge in [0.25, 0.3) is 0 Å². The van der Waals surface area contributed by atoms with Gasteiger partial charge in [0.1, 0.15) is 18.5 Å². The molecule has 2 aromatic rings. The lowest BCUT2D eigenvalue weighted by Gasteiger charge is -2.34. The Hall–Kier alpha value is -2.37. The molecule has 2 aliphatic heterocycles. The van der Waals surface area contributed by atoms with Crippen molar-refractivity contribution in [1.82, 2.24) is 4.90 Å². The molecular formula is C24H30N2O3. The van der Waals surface area contributed by atoms with Gasteiger partial charge in [-0.3, -0.25) is 4.79 Å². The number of amides is 1. The predicted octanol–water partition coefficient (Wildman–Crippen LogP) is 3.04. The number of aryl methyl sites for hydroxylation is 1. The quantitative estimate of drug-likeness (QED) is 0.818. The van der Waals surface area contributed by atoms with Crippen molar-refractivity contribution in [2.45, 2.75) is 32.3 Å². The summed E-state index contributed by atoms with van der Waals surface area (Å²) >= 11 is 0. The maximum atomic E-state index is 13.0. The third-order valence-corrected chi connectivity index (χ3v) is 5.99. The number of aliphatic hydroxyl groups is 1. The summed E-state index contributed by atoms with van der Waals surface area (Å²) in [6.45, 7) is 5.37. The number of carbonyl (C=O) groups is 1. The van der Waals surface area contributed by atoms with Crippen LogP contribution in [-0.4, -0.2) is 54.8 Å². The van der Waals surface area contributed by atoms with E-state index in [0.29, 0.717) is 6.54 Å². The number of carbonyl (C=O) groups excluding carboxylic acids is 1. The van der Waals surface area contributed by atoms with E-state index in [-0.39, 0.29) is 18.4 Å². The lowest BCUT2D eigenvalue weighted by Crippen LogP contribution is -2.45. The standard InChI is InChI=1S/C24H30N2O3/c1-18-5-4-7-22(15-18)29-17-21(27)16-25-12-9-20(10-13-25)24(28)26-14-11-19-6-2-3-8-23(19)26/h2-8,15,20-21,27H,9-14,16-17H2,1H3. The number of piperidine rings is 1. The number of likely N-dealkylation sites (tertiary alicyclic amines) is 1. The normalized spacial score (nSPS) is 18.5. The van der Waals surface area contributed by atoms with E-state index < -0.39 is 6.10 Å². The Morgan fingerprint density at radius 2 is 1.93 bits per heavy atom. The van der Waals surface area contributed by atoms with Crippen LogP contribution in [0.25, 0.3) is 0 Å². The first kappa shape index (κ1) is 19.9. The number of hydrogen-bond donors (Lipinski definition) is 1. The Morgan fingerprint density at radius 3 is 2.72 bits per heavy atom. The second-order valence-electron chi connectivity index (χ2n) is 8.22. The van der Waals surface area contributed by atoms with E-state index in [1.807, 2.05) is 48.2 Å². The fourth-order valence-corrected chi connectivity index (χ4v) is 4.40. The summed E-state index contributed by atoms with van der Waals surface area (Å²) < 4.78 is 5.71. The van der Waals surface area contributed by atoms with E-state index in [2.05, 4.69) is 17.0 Å². The third kappa shape index (κ3) is 4.80. The number of ether oxygens (including phenoxy) is 1. The number of fused-ring (bicyclic) bond motifs is 1. The van der Waals surface area contributed by atoms with Crippen LogP contribution in [0.4, 0.5) is 5.69 Å². The highest BCUT2D eigenvalue weighted by Crippen LogP contribution is 2.31. The molecule has 1 atom stereocenters. The average Bonchev–Trinajstić information content (AvgIpc) is 3.17. The molecule has 1 amide bonds. The molecule has 2 aromatic carbocycles. The van der Waals surface area contributed by atoms with Crippen LogP contribution in [0.3, 0.4) is 0 Å². The number of para-hydroxylation sites is 1. The molecule has 0 saturated carbocycles. The minimum Gasteiger partial charge on any atom is -0.491 e. The van der Waals surface area contributed by atoms with Crippen LogP contribution < -0.4 is 9.64 Å². The topological polar surface area (TPSA) is 53.0 Å². The molecule has 0 aromatic heterocycles. The second kappa shape index (κ2) is 8.97. The molecule has 2 aliphatic rings. The van der Waals surface area contributed by atoms with Crippen LogP contribution in [0, 0.1) is 12.8 Å². The van der Waals surface area contributed by atoms with Gasteiger partial charge in [-0.25, -0.2) is 0 Å². The highest BCUT2D eigenvalue weighted by Gasteiger charge is 2.32. The molecule has 2 heterocycles. The van der Waals surface area contributed by atoms with Crippen molar-refractivity contribution in [1.29, 1.82) is 0 Å². The maximum Gasteiger partial charge on any atom is 0.230 e. The Bertz CT molecular complexity index is 846. The summed E-state index contributed by atoms with van der Waals surface area (Å²) in [7, 11) is 0. The van der Waals surface area contributed by atoms with Gasteiger partial charge in [-0.15, -0.1) is 0 Å². The van der Waals surface area contributed by atoms with E-state index in [9.17, 15) is 9.90 Å². The lowest BCUT2D eigenvalue weighted by molar-refractivity contribution is -0.123. The summed E-state index contributed by atoms with van der Waals surface area (Å²) in [6, 6.07) is 16.1. The molecule has 29 heavy (non-hydrogen) atoms. The molecule has 4 rings (SSSR count). The number of rotatable bonds is 6. The molecule has 1 saturated heterocycles. The van der Waals surface area contributed by atoms with Crippen molar-refractivity contribution < 1.29 is 14.6 Å². The Labute approximate surface area is 172 Å². The molecule has 154 valence electrons. The van der Waals surface area contributed by atoms with Gasteiger partial charge in [0, 0.05) is 24.7 Å². The summed E-state index contributed by atoms with van der Waals surface area (Å²) in [5, 5.41) is 10.3. The molecule has 0 aliphatic carbocycles. The monoisotopic (exact) mass is 394 g/mol. The van der Waals surface area contributed by atoms with Crippen LogP contribution >= 0.6 is 0 Å². The Kier molecular flexibility index (Phi) is 6.16. The number of hydrogen-bond acceptors (Lipinski definition) is 4. The molecule has 5 nitrogen and oxygen atoms in total. The first-order valence-electron chi connectivity index (χ1n) is 10.6. The van der Waals surface area contributed by atoms with E-state index in [1.165, 1.54) is 5.56 Å². The zero-order valence-electron chi connectivity index (χ0n) is 17.1. The summed E-state index contributed by atoms with van der Waals surface area (Å²) in [5.41, 5.74) is 3.50. The van der Waals surface area contributed by atoms with Gasteiger partial charge in [-0.2, -0.15) is 0 Å². The molecule has 0 bridgehead atoms. The molecule has 0 spiro atoms. The molecule has 1 N–H and O–H groups in total. The van der Waals surface area contributed by atoms with Gasteiger partial charge in [-0.05, 0) is 68.6 Å². The van der Waals surface area contributed by atoms with Crippen molar-refractivity contribution >= 4 is 11.6 Å². The summed E-state index contributed by atoms with van der Waals surface area (Å²) in [4.78, 5) is 17.2. The van der Waals surface area contributed by atoms with E-state index in [4.69, 9.17) is 4.74 Å². The molecule has 1 fully saturated rings. The molecule has 1 unspecified atom stereocenters. The Morgan fingerprint density at radius 1 is 1.14 bits per heavy atom. The highest BCUT2D eigenvalue weighted by molar-refractivity contribution is 5.97. The number of aliphatic hydroxyl groups excluding tert-OH is 1. The maximum absolute atomic E-state index is 13.0. The minimum absolute atomic E-state index is 0.0816. The van der Waals surface area contributed by atoms with Crippen LogP contribution in [0.2, 0.25) is 0 Å². The van der Waals surface area contributed by atoms with Gasteiger partial charge < -0.3 is 19.6 Å². The SMILES string of the molecule is Cc1cccc(OCC(O)CN2CCC(C(=O)N3CCc4ccccc43)CC2)c1. The lowest BCUT2D eigenvalue weighted by atomic mass is 9.95. The van der Waals surface area contributed by atoms with E-state index in [0.717, 1.165) is 55.9 Å². The molecular weight excluding hydrogens is 364 g/mol. The number of nitrogens with zero attached hydrogens (tertiary/aromatic N) is 2. The second-order valence-corrected chi connectivity index (χ2v) is 8.22. The minimum atomic E-state index is -0.534. The van der Waals surface area contributed by atoms with Crippen molar-refractivity contribution in [3.63, 3.8) is 0 Å². The fraction of sp³-hybridized carbons (Fsp3) is 0.458. The van der Waals surface area contributed by atoms with Crippen molar-refractivity contribution in [3.8, 4) is 5.75 Å². The van der Waals surface area contributed by atoms with Crippen LogP contribution in [0.1, 0.15) is 24.0 Å². The fourth-order valence-electron chi connectivity index (χ4n) is 4.40. The zero-order chi connectivity index (χ0) is 20.2. The van der Waals surface area contributed by atoms with Crippen LogP contribution in [0.5, 0.6) is 5.75 Å². The first-order chi connectivity index (χ1) is 14.1. The number of β-amino-alcohol motifs (C(OH)–C–C–N with tert-alkyl or cyclic N) is 1. The number of benzene rings is 2. The van der Waals surface area contributed by atoms with Gasteiger partial charge >= 0.3 is 0 Å². The van der Waals surface area contributed by atoms with Crippen LogP contribution in [0.15, 0.2) is 48.5 Å². The number of anilines is 1. The smallest absolute Gasteiger partial charge is 0.230 e. The summed E-state index contributed by atoms with van der Waals surface area (Å²) in [5.74, 6) is 1.13. The van der Waals surface area contributed by atoms with Crippen molar-refractivity contribution in [3.05, 3.63) is 59.7 Å². The zero-order valence-corrected chi connectivity index (χ0v) is 17.1. The van der Waals surface area contributed by atoms with Gasteiger partial charge in [0.2, 0.25) is 5.91 Å².